The van der Waals surface area contributed by atoms with Crippen LogP contribution in [0.4, 0.5) is 0 Å². The average molecular weight is 178 g/mol. The van der Waals surface area contributed by atoms with Gasteiger partial charge in [0, 0.05) is 6.04 Å². The largest absolute Gasteiger partial charge is 0.395 e. The van der Waals surface area contributed by atoms with Crippen LogP contribution in [-0.2, 0) is 0 Å². The van der Waals surface area contributed by atoms with E-state index in [1.54, 1.807) is 6.92 Å². The van der Waals surface area contributed by atoms with Crippen LogP contribution >= 0.6 is 0 Å². The molecule has 0 unspecified atom stereocenters. The highest BCUT2D eigenvalue weighted by Gasteiger charge is 2.39. The molecule has 0 aliphatic carbocycles. The quantitative estimate of drug-likeness (QED) is 0.304. The van der Waals surface area contributed by atoms with Gasteiger partial charge in [-0.25, -0.2) is 0 Å². The van der Waals surface area contributed by atoms with Gasteiger partial charge in [0.2, 0.25) is 0 Å². The Balaban J connectivity index is 2.79. The molecule has 72 valence electrons. The Labute approximate surface area is 72.1 Å². The van der Waals surface area contributed by atoms with Gasteiger partial charge in [0.05, 0.1) is 24.9 Å². The van der Waals surface area contributed by atoms with E-state index < -0.39 is 37.0 Å². The maximum absolute atomic E-state index is 9.36. The summed E-state index contributed by atoms with van der Waals surface area (Å²) < 4.78 is 7.43. The van der Waals surface area contributed by atoms with E-state index >= 15 is 0 Å². The van der Waals surface area contributed by atoms with E-state index in [0.29, 0.717) is 0 Å². The summed E-state index contributed by atoms with van der Waals surface area (Å²) in [5.74, 6) is 0. The normalized spacial score (nSPS) is 52.1. The lowest BCUT2D eigenvalue weighted by Gasteiger charge is -2.39. The first-order valence-electron chi connectivity index (χ1n) is 4.37. The molecule has 1 heterocycles. The van der Waals surface area contributed by atoms with Crippen LogP contribution in [0, 0.1) is 0 Å². The van der Waals surface area contributed by atoms with E-state index in [2.05, 4.69) is 0 Å². The van der Waals surface area contributed by atoms with Crippen LogP contribution in [0.3, 0.4) is 0 Å². The van der Waals surface area contributed by atoms with Gasteiger partial charge in [0.25, 0.3) is 0 Å². The van der Waals surface area contributed by atoms with Crippen LogP contribution in [-0.4, -0.2) is 57.4 Å². The first kappa shape index (κ1) is 8.40. The molecule has 0 aromatic carbocycles. The Morgan fingerprint density at radius 1 is 1.25 bits per heavy atom. The Kier molecular flexibility index (Phi) is 2.57. The minimum atomic E-state index is -1.30. The average Bonchev–Trinajstić information content (AvgIpc) is 2.13. The second-order valence-corrected chi connectivity index (χ2v) is 3.11. The number of aliphatic hydroxyl groups is 4. The van der Waals surface area contributed by atoms with Crippen molar-refractivity contribution in [3.05, 3.63) is 0 Å². The van der Waals surface area contributed by atoms with Crippen molar-refractivity contribution in [3.63, 3.8) is 0 Å². The number of hydrogen-bond donors (Lipinski definition) is 5. The number of nitrogens with one attached hydrogen (secondary N) is 1. The smallest absolute Gasteiger partial charge is 0.123 e. The Hall–Kier alpha value is -0.200. The van der Waals surface area contributed by atoms with Crippen molar-refractivity contribution in [1.82, 2.24) is 5.31 Å². The summed E-state index contributed by atoms with van der Waals surface area (Å²) in [6.07, 6.45) is -3.74. The highest BCUT2D eigenvalue weighted by molar-refractivity contribution is 4.96. The van der Waals surface area contributed by atoms with Crippen LogP contribution in [0.15, 0.2) is 0 Å². The van der Waals surface area contributed by atoms with Crippen molar-refractivity contribution in [1.29, 1.82) is 0 Å². The van der Waals surface area contributed by atoms with Crippen LogP contribution in [0.2, 0.25) is 1.41 Å². The Bertz CT molecular complexity index is 166. The molecule has 5 nitrogen and oxygen atoms in total. The molecule has 0 spiro atoms. The number of rotatable bonds is 1. The monoisotopic (exact) mass is 178 g/mol. The number of aliphatic hydroxyl groups excluding tert-OH is 4. The third kappa shape index (κ3) is 1.60. The fourth-order valence-corrected chi connectivity index (χ4v) is 1.35. The summed E-state index contributed by atoms with van der Waals surface area (Å²) in [4.78, 5) is 0. The van der Waals surface area contributed by atoms with E-state index in [-0.39, 0.29) is 0 Å². The van der Waals surface area contributed by atoms with Crippen molar-refractivity contribution >= 4 is 0 Å². The van der Waals surface area contributed by atoms with Crippen LogP contribution < -0.4 is 5.31 Å². The van der Waals surface area contributed by atoms with Gasteiger partial charge < -0.3 is 25.7 Å². The van der Waals surface area contributed by atoms with Crippen molar-refractivity contribution < 1.29 is 21.8 Å². The van der Waals surface area contributed by atoms with Gasteiger partial charge in [-0.3, -0.25) is 0 Å². The molecule has 0 aromatic rings. The topological polar surface area (TPSA) is 93.0 Å². The Morgan fingerprint density at radius 2 is 1.83 bits per heavy atom. The predicted molar refractivity (Wildman–Crippen MR) is 41.5 cm³/mol. The van der Waals surface area contributed by atoms with Crippen LogP contribution in [0.1, 0.15) is 6.92 Å². The molecule has 1 saturated heterocycles. The summed E-state index contributed by atoms with van der Waals surface area (Å²) >= 11 is 0. The molecule has 1 rings (SSSR count). The summed E-state index contributed by atoms with van der Waals surface area (Å²) in [5.41, 5.74) is 0. The molecule has 5 heteroatoms. The zero-order chi connectivity index (χ0) is 10.2. The summed E-state index contributed by atoms with van der Waals surface area (Å²) in [6.45, 7) is 1.13. The molecule has 5 N–H and O–H groups in total. The fourth-order valence-electron chi connectivity index (χ4n) is 1.35. The Morgan fingerprint density at radius 3 is 2.33 bits per heavy atom. The molecule has 0 amide bonds. The molecule has 0 saturated carbocycles. The summed E-state index contributed by atoms with van der Waals surface area (Å²) in [7, 11) is 0. The van der Waals surface area contributed by atoms with Gasteiger partial charge in [0.15, 0.2) is 0 Å². The van der Waals surface area contributed by atoms with Crippen molar-refractivity contribution in [2.45, 2.75) is 37.3 Å². The molecule has 1 aliphatic rings. The lowest BCUT2D eigenvalue weighted by molar-refractivity contribution is -0.116. The standard InChI is InChI=1S/C7H15NO4/c1-3-5(10)7(12)6(11)4(2-9)8-3/h3-12H,2H2,1H3/t3-,4+,5-,6-,7-/m1/s1/i/hD. The van der Waals surface area contributed by atoms with Gasteiger partial charge in [-0.05, 0) is 6.92 Å². The van der Waals surface area contributed by atoms with E-state index in [9.17, 15) is 15.3 Å². The second-order valence-electron chi connectivity index (χ2n) is 3.11. The maximum atomic E-state index is 9.36. The second kappa shape index (κ2) is 3.68. The highest BCUT2D eigenvalue weighted by atomic mass is 16.4. The zero-order valence-electron chi connectivity index (χ0n) is 7.83. The van der Waals surface area contributed by atoms with Gasteiger partial charge >= 0.3 is 0 Å². The fraction of sp³-hybridized carbons (Fsp3) is 1.00. The lowest BCUT2D eigenvalue weighted by Crippen LogP contribution is -2.64. The maximum Gasteiger partial charge on any atom is 0.123 e. The summed E-state index contributed by atoms with van der Waals surface area (Å²) in [5, 5.41) is 37.8. The molecule has 5 atom stereocenters. The molecule has 1 aliphatic heterocycles. The number of hydrogen-bond acceptors (Lipinski definition) is 5. The molecular formula is C7H15NO4. The summed E-state index contributed by atoms with van der Waals surface area (Å²) in [6, 6.07) is -1.44. The SMILES string of the molecule is [2H]N1[C@H](C)[C@@H](O)[C@@H](O)[C@H](O)[C@@H]1CO. The first-order valence-corrected chi connectivity index (χ1v) is 3.93. The first-order chi connectivity index (χ1) is 6.00. The molecular weight excluding hydrogens is 162 g/mol. The van der Waals surface area contributed by atoms with Crippen molar-refractivity contribution in [3.8, 4) is 0 Å². The predicted octanol–water partition coefficient (Wildman–Crippen LogP) is -2.58. The van der Waals surface area contributed by atoms with E-state index in [1.165, 1.54) is 0 Å². The zero-order valence-corrected chi connectivity index (χ0v) is 6.83. The number of piperidine rings is 1. The van der Waals surface area contributed by atoms with Gasteiger partial charge in [-0.1, -0.05) is 0 Å². The molecule has 0 bridgehead atoms. The minimum absolute atomic E-state index is 0.418. The van der Waals surface area contributed by atoms with E-state index in [0.717, 1.165) is 5.31 Å². The van der Waals surface area contributed by atoms with Gasteiger partial charge in [0.1, 0.15) is 7.52 Å². The van der Waals surface area contributed by atoms with Gasteiger partial charge in [-0.2, -0.15) is 0 Å². The molecule has 1 fully saturated rings. The minimum Gasteiger partial charge on any atom is -0.395 e. The highest BCUT2D eigenvalue weighted by Crippen LogP contribution is 2.14. The van der Waals surface area contributed by atoms with Crippen LogP contribution in [0.25, 0.3) is 0 Å². The van der Waals surface area contributed by atoms with Crippen LogP contribution in [0.5, 0.6) is 0 Å². The lowest BCUT2D eigenvalue weighted by atomic mass is 9.91. The van der Waals surface area contributed by atoms with Crippen molar-refractivity contribution in [2.24, 2.45) is 0 Å². The molecule has 0 aromatic heterocycles. The molecule has 0 radical (unpaired) electrons. The third-order valence-corrected chi connectivity index (χ3v) is 2.20. The van der Waals surface area contributed by atoms with E-state index in [4.69, 9.17) is 6.52 Å². The van der Waals surface area contributed by atoms with E-state index in [1.807, 2.05) is 0 Å². The van der Waals surface area contributed by atoms with Gasteiger partial charge in [-0.15, -0.1) is 0 Å². The van der Waals surface area contributed by atoms with Crippen molar-refractivity contribution in [2.75, 3.05) is 6.61 Å². The third-order valence-electron chi connectivity index (χ3n) is 2.20. The molecule has 12 heavy (non-hydrogen) atoms.